The predicted molar refractivity (Wildman–Crippen MR) is 59.9 cm³/mol. The van der Waals surface area contributed by atoms with Gasteiger partial charge in [-0.1, -0.05) is 26.0 Å². The molecule has 0 saturated carbocycles. The quantitative estimate of drug-likeness (QED) is 0.329. The number of hydrazone groups is 1. The van der Waals surface area contributed by atoms with Crippen LogP contribution in [0.5, 0.6) is 0 Å². The molecule has 4 nitrogen and oxygen atoms in total. The summed E-state index contributed by atoms with van der Waals surface area (Å²) in [6.45, 7) is 4.30. The Labute approximate surface area is 84.2 Å². The summed E-state index contributed by atoms with van der Waals surface area (Å²) in [5.41, 5.74) is 2.15. The lowest BCUT2D eigenvalue weighted by molar-refractivity contribution is 0.866. The summed E-state index contributed by atoms with van der Waals surface area (Å²) < 4.78 is 0. The molecule has 0 amide bonds. The smallest absolute Gasteiger partial charge is 0.129 e. The Morgan fingerprint density at radius 2 is 1.86 bits per heavy atom. The number of hydrogen-bond acceptors (Lipinski definition) is 3. The van der Waals surface area contributed by atoms with Gasteiger partial charge in [-0.15, -0.1) is 0 Å². The van der Waals surface area contributed by atoms with E-state index in [1.54, 1.807) is 0 Å². The molecule has 0 heterocycles. The van der Waals surface area contributed by atoms with Crippen LogP contribution in [0.25, 0.3) is 0 Å². The molecule has 0 unspecified atom stereocenters. The van der Waals surface area contributed by atoms with Crippen LogP contribution in [0.1, 0.15) is 25.3 Å². The highest BCUT2D eigenvalue weighted by molar-refractivity contribution is 5.77. The van der Waals surface area contributed by atoms with Crippen LogP contribution in [-0.4, -0.2) is 6.34 Å². The number of rotatable bonds is 3. The molecule has 1 aromatic rings. The fraction of sp³-hybridized carbons (Fsp3) is 0.300. The lowest BCUT2D eigenvalue weighted by Crippen LogP contribution is -2.29. The molecule has 0 atom stereocenters. The molecule has 14 heavy (non-hydrogen) atoms. The van der Waals surface area contributed by atoms with Crippen molar-refractivity contribution in [2.24, 2.45) is 16.8 Å². The Morgan fingerprint density at radius 3 is 2.29 bits per heavy atom. The molecule has 0 bridgehead atoms. The maximum Gasteiger partial charge on any atom is 0.129 e. The normalized spacial score (nSPS) is 11.1. The van der Waals surface area contributed by atoms with E-state index in [9.17, 15) is 0 Å². The van der Waals surface area contributed by atoms with E-state index in [0.717, 1.165) is 5.69 Å². The van der Waals surface area contributed by atoms with Gasteiger partial charge in [0.05, 0.1) is 5.69 Å². The summed E-state index contributed by atoms with van der Waals surface area (Å²) in [6, 6.07) is 7.97. The van der Waals surface area contributed by atoms with Crippen LogP contribution in [0.3, 0.4) is 0 Å². The summed E-state index contributed by atoms with van der Waals surface area (Å²) in [5, 5.41) is 4.72. The summed E-state index contributed by atoms with van der Waals surface area (Å²) >= 11 is 0. The molecule has 0 aliphatic heterocycles. The van der Waals surface area contributed by atoms with Crippen molar-refractivity contribution in [1.29, 1.82) is 0 Å². The molecule has 1 aromatic carbocycles. The van der Waals surface area contributed by atoms with Gasteiger partial charge in [0.2, 0.25) is 0 Å². The molecule has 0 spiro atoms. The second-order valence-corrected chi connectivity index (χ2v) is 3.42. The summed E-state index contributed by atoms with van der Waals surface area (Å²) in [5.74, 6) is 11.2. The lowest BCUT2D eigenvalue weighted by Gasteiger charge is -2.13. The molecule has 0 fully saturated rings. The number of nitrogens with two attached hydrogens (primary N) is 2. The zero-order valence-corrected chi connectivity index (χ0v) is 8.51. The van der Waals surface area contributed by atoms with E-state index >= 15 is 0 Å². The van der Waals surface area contributed by atoms with Gasteiger partial charge < -0.3 is 5.84 Å². The van der Waals surface area contributed by atoms with Crippen LogP contribution in [0.2, 0.25) is 0 Å². The average Bonchev–Trinajstić information content (AvgIpc) is 2.18. The van der Waals surface area contributed by atoms with Crippen molar-refractivity contribution >= 4 is 12.0 Å². The maximum absolute atomic E-state index is 5.64. The van der Waals surface area contributed by atoms with E-state index in [-0.39, 0.29) is 0 Å². The molecule has 0 aliphatic carbocycles. The first-order valence-electron chi connectivity index (χ1n) is 4.52. The molecule has 76 valence electrons. The molecule has 0 aliphatic rings. The Balaban J connectivity index is 2.82. The lowest BCUT2D eigenvalue weighted by atomic mass is 10.0. The topological polar surface area (TPSA) is 67.6 Å². The van der Waals surface area contributed by atoms with Crippen molar-refractivity contribution in [1.82, 2.24) is 0 Å². The van der Waals surface area contributed by atoms with Crippen LogP contribution in [0.15, 0.2) is 29.4 Å². The number of hydrogen-bond donors (Lipinski definition) is 2. The molecular formula is C10H16N4. The van der Waals surface area contributed by atoms with Crippen LogP contribution in [0.4, 0.5) is 5.69 Å². The van der Waals surface area contributed by atoms with E-state index in [1.807, 2.05) is 24.3 Å². The fourth-order valence-electron chi connectivity index (χ4n) is 1.17. The first-order chi connectivity index (χ1) is 6.65. The van der Waals surface area contributed by atoms with Gasteiger partial charge in [-0.3, -0.25) is 5.01 Å². The highest BCUT2D eigenvalue weighted by Gasteiger charge is 2.00. The minimum atomic E-state index is 0.526. The van der Waals surface area contributed by atoms with Crippen LogP contribution in [-0.2, 0) is 0 Å². The largest absolute Gasteiger partial charge is 0.322 e. The van der Waals surface area contributed by atoms with Gasteiger partial charge in [0.1, 0.15) is 6.34 Å². The third-order valence-corrected chi connectivity index (χ3v) is 2.05. The van der Waals surface area contributed by atoms with Crippen molar-refractivity contribution in [2.75, 3.05) is 5.01 Å². The van der Waals surface area contributed by atoms with Gasteiger partial charge in [0.15, 0.2) is 0 Å². The number of benzene rings is 1. The molecule has 4 N–H and O–H groups in total. The molecule has 1 rings (SSSR count). The SMILES string of the molecule is CC(C)c1ccc(N(N)/C=N\N)cc1. The molecule has 4 heteroatoms. The van der Waals surface area contributed by atoms with Crippen LogP contribution >= 0.6 is 0 Å². The van der Waals surface area contributed by atoms with Crippen LogP contribution in [0, 0.1) is 0 Å². The highest BCUT2D eigenvalue weighted by Crippen LogP contribution is 2.17. The second kappa shape index (κ2) is 4.62. The highest BCUT2D eigenvalue weighted by atomic mass is 15.4. The zero-order chi connectivity index (χ0) is 10.6. The van der Waals surface area contributed by atoms with Crippen molar-refractivity contribution in [2.45, 2.75) is 19.8 Å². The molecular weight excluding hydrogens is 176 g/mol. The van der Waals surface area contributed by atoms with Crippen molar-refractivity contribution in [3.63, 3.8) is 0 Å². The van der Waals surface area contributed by atoms with E-state index in [2.05, 4.69) is 18.9 Å². The van der Waals surface area contributed by atoms with Gasteiger partial charge in [-0.2, -0.15) is 5.10 Å². The van der Waals surface area contributed by atoms with Crippen molar-refractivity contribution in [3.8, 4) is 0 Å². The van der Waals surface area contributed by atoms with E-state index in [4.69, 9.17) is 11.7 Å². The number of anilines is 1. The Bertz CT molecular complexity index is 302. The van der Waals surface area contributed by atoms with Gasteiger partial charge >= 0.3 is 0 Å². The third-order valence-electron chi connectivity index (χ3n) is 2.05. The Morgan fingerprint density at radius 1 is 1.29 bits per heavy atom. The van der Waals surface area contributed by atoms with Crippen LogP contribution < -0.4 is 16.7 Å². The summed E-state index contributed by atoms with van der Waals surface area (Å²) in [4.78, 5) is 0. The number of nitrogens with zero attached hydrogens (tertiary/aromatic N) is 2. The van der Waals surface area contributed by atoms with E-state index in [1.165, 1.54) is 16.9 Å². The zero-order valence-electron chi connectivity index (χ0n) is 8.51. The fourth-order valence-corrected chi connectivity index (χ4v) is 1.17. The first-order valence-corrected chi connectivity index (χ1v) is 4.52. The van der Waals surface area contributed by atoms with E-state index in [0.29, 0.717) is 5.92 Å². The minimum absolute atomic E-state index is 0.526. The van der Waals surface area contributed by atoms with Gasteiger partial charge in [0.25, 0.3) is 0 Å². The third kappa shape index (κ3) is 2.47. The van der Waals surface area contributed by atoms with Gasteiger partial charge in [-0.05, 0) is 23.6 Å². The first kappa shape index (κ1) is 10.5. The standard InChI is InChI=1S/C10H16N4/c1-8(2)9-3-5-10(6-4-9)14(12)7-13-11/h3-8H,11-12H2,1-2H3/b13-7-. The number of hydrazine groups is 1. The predicted octanol–water partition coefficient (Wildman–Crippen LogP) is 1.39. The monoisotopic (exact) mass is 192 g/mol. The molecule has 0 radical (unpaired) electrons. The second-order valence-electron chi connectivity index (χ2n) is 3.42. The summed E-state index contributed by atoms with van der Waals surface area (Å²) in [7, 11) is 0. The van der Waals surface area contributed by atoms with Gasteiger partial charge in [0, 0.05) is 0 Å². The Hall–Kier alpha value is -1.55. The van der Waals surface area contributed by atoms with Crippen molar-refractivity contribution in [3.05, 3.63) is 29.8 Å². The average molecular weight is 192 g/mol. The van der Waals surface area contributed by atoms with E-state index < -0.39 is 0 Å². The van der Waals surface area contributed by atoms with Crippen molar-refractivity contribution < 1.29 is 0 Å². The molecule has 0 saturated heterocycles. The summed E-state index contributed by atoms with van der Waals surface area (Å²) in [6.07, 6.45) is 1.37. The molecule has 0 aromatic heterocycles. The Kier molecular flexibility index (Phi) is 3.48. The van der Waals surface area contributed by atoms with Gasteiger partial charge in [-0.25, -0.2) is 5.84 Å². The maximum atomic E-state index is 5.64. The minimum Gasteiger partial charge on any atom is -0.322 e.